The van der Waals surface area contributed by atoms with E-state index in [1.165, 1.54) is 5.57 Å². The molecule has 0 aromatic heterocycles. The van der Waals surface area contributed by atoms with Crippen LogP contribution in [0.1, 0.15) is 85.5 Å². The average Bonchev–Trinajstić information content (AvgIpc) is 3.64. The van der Waals surface area contributed by atoms with E-state index in [2.05, 4.69) is 33.8 Å². The Bertz CT molecular complexity index is 1680. The van der Waals surface area contributed by atoms with Gasteiger partial charge in [-0.2, -0.15) is 0 Å². The highest BCUT2D eigenvalue weighted by molar-refractivity contribution is 5.29. The van der Waals surface area contributed by atoms with Crippen LogP contribution in [-0.4, -0.2) is 198 Å². The first-order valence-electron chi connectivity index (χ1n) is 23.6. The molecule has 11 N–H and O–H groups in total. The summed E-state index contributed by atoms with van der Waals surface area (Å²) in [5, 5.41) is 119. The SMILES string of the molecule is C[C@@H]1CC[C@]2(OC1)O[C@@H]1C[C@@H]3[C@@H]4CC=C5C[C@H](O[C@H]6O[C@H](CO)[C@H](O[C@H]7O[C@@H](CO)[C@H](O)[C@@H](O)[C@H]7O[C@H]7O[C@H](CO)[C@@H](O)[C@@H](O)[C@H]7O)[C@@H](O)[C@H]6O)CC[C@]5(C)[C@H]4CC[C@]3(C)[C@]1(O)[C@@H]2C. The topological polar surface area (TPSA) is 296 Å². The lowest BCUT2D eigenvalue weighted by atomic mass is 9.46. The molecule has 19 nitrogen and oxygen atoms in total. The number of hydrogen-bond donors (Lipinski definition) is 11. The van der Waals surface area contributed by atoms with E-state index in [0.717, 1.165) is 44.9 Å². The van der Waals surface area contributed by atoms with E-state index in [1.807, 2.05) is 0 Å². The van der Waals surface area contributed by atoms with Crippen molar-refractivity contribution in [3.63, 3.8) is 0 Å². The summed E-state index contributed by atoms with van der Waals surface area (Å²) < 4.78 is 48.6. The molecule has 9 aliphatic rings. The van der Waals surface area contributed by atoms with E-state index in [0.29, 0.717) is 43.1 Å². The summed E-state index contributed by atoms with van der Waals surface area (Å²) in [4.78, 5) is 0. The van der Waals surface area contributed by atoms with Gasteiger partial charge in [-0.05, 0) is 80.5 Å². The van der Waals surface area contributed by atoms with E-state index >= 15 is 0 Å². The van der Waals surface area contributed by atoms with Gasteiger partial charge in [-0.25, -0.2) is 0 Å². The number of aliphatic hydroxyl groups is 11. The molecule has 366 valence electrons. The van der Waals surface area contributed by atoms with Crippen molar-refractivity contribution < 1.29 is 94.1 Å². The summed E-state index contributed by atoms with van der Waals surface area (Å²) in [5.74, 6) is 0.691. The number of fused-ring (bicyclic) bond motifs is 7. The van der Waals surface area contributed by atoms with Gasteiger partial charge < -0.3 is 94.1 Å². The fourth-order valence-corrected chi connectivity index (χ4v) is 14.0. The molecule has 0 aromatic rings. The molecule has 5 saturated heterocycles. The molecule has 0 aromatic carbocycles. The first-order chi connectivity index (χ1) is 30.3. The summed E-state index contributed by atoms with van der Waals surface area (Å²) >= 11 is 0. The molecule has 4 aliphatic carbocycles. The second kappa shape index (κ2) is 17.7. The molecule has 5 heterocycles. The largest absolute Gasteiger partial charge is 0.394 e. The quantitative estimate of drug-likeness (QED) is 0.115. The molecule has 9 rings (SSSR count). The van der Waals surface area contributed by atoms with Gasteiger partial charge in [0.15, 0.2) is 24.7 Å². The zero-order chi connectivity index (χ0) is 45.8. The van der Waals surface area contributed by atoms with Crippen LogP contribution < -0.4 is 0 Å². The highest BCUT2D eigenvalue weighted by Crippen LogP contribution is 2.72. The van der Waals surface area contributed by atoms with Crippen molar-refractivity contribution in [2.45, 2.75) is 201 Å². The molecular formula is C45H72O19. The van der Waals surface area contributed by atoms with Crippen molar-refractivity contribution in [3.05, 3.63) is 11.6 Å². The van der Waals surface area contributed by atoms with Crippen molar-refractivity contribution in [1.29, 1.82) is 0 Å². The van der Waals surface area contributed by atoms with E-state index in [4.69, 9.17) is 37.9 Å². The standard InChI is InChI=1S/C45H72O19/c1-19-7-12-44(57-18-19)20(2)45(56)29(64-44)14-25-23-6-5-21-13-22(8-10-42(21,3)24(23)9-11-43(25,45)4)58-39-36(55)34(53)37(28(17-48)61-39)62-41-38(33(52)31(50)27(16-47)60-41)63-40-35(54)32(51)30(49)26(15-46)59-40/h5,19-20,22-41,46-56H,6-18H2,1-4H3/t19-,20-,22-,23-,24+,25-,26-,27+,28-,29-,30-,31+,32-,33-,34+,35-,36-,37+,38-,39+,40-,41-,42+,43+,44+,45+/m1/s1. The maximum atomic E-state index is 12.8. The predicted molar refractivity (Wildman–Crippen MR) is 217 cm³/mol. The lowest BCUT2D eigenvalue weighted by Gasteiger charge is -2.60. The normalized spacial score (nSPS) is 57.4. The van der Waals surface area contributed by atoms with E-state index in [9.17, 15) is 56.2 Å². The summed E-state index contributed by atoms with van der Waals surface area (Å²) in [5.41, 5.74) is -0.0969. The van der Waals surface area contributed by atoms with Crippen molar-refractivity contribution in [2.75, 3.05) is 26.4 Å². The first-order valence-corrected chi connectivity index (χ1v) is 23.6. The lowest BCUT2D eigenvalue weighted by molar-refractivity contribution is -0.390. The van der Waals surface area contributed by atoms with Crippen molar-refractivity contribution >= 4 is 0 Å². The Kier molecular flexibility index (Phi) is 13.3. The van der Waals surface area contributed by atoms with Crippen LogP contribution in [0.4, 0.5) is 0 Å². The molecule has 64 heavy (non-hydrogen) atoms. The molecule has 0 unspecified atom stereocenters. The van der Waals surface area contributed by atoms with Crippen LogP contribution in [0.2, 0.25) is 0 Å². The molecule has 8 fully saturated rings. The Morgan fingerprint density at radius 1 is 0.656 bits per heavy atom. The predicted octanol–water partition coefficient (Wildman–Crippen LogP) is -1.70. The van der Waals surface area contributed by atoms with Crippen LogP contribution in [0, 0.1) is 40.4 Å². The zero-order valence-corrected chi connectivity index (χ0v) is 37.2. The molecule has 1 spiro atoms. The van der Waals surface area contributed by atoms with Crippen molar-refractivity contribution in [1.82, 2.24) is 0 Å². The molecular weight excluding hydrogens is 844 g/mol. The molecule has 26 atom stereocenters. The van der Waals surface area contributed by atoms with Crippen LogP contribution in [0.3, 0.4) is 0 Å². The summed E-state index contributed by atoms with van der Waals surface area (Å²) in [6, 6.07) is 0. The molecule has 0 amide bonds. The average molecular weight is 917 g/mol. The van der Waals surface area contributed by atoms with Gasteiger partial charge in [-0.1, -0.05) is 39.3 Å². The smallest absolute Gasteiger partial charge is 0.187 e. The van der Waals surface area contributed by atoms with Gasteiger partial charge in [0.2, 0.25) is 0 Å². The maximum absolute atomic E-state index is 12.8. The lowest BCUT2D eigenvalue weighted by Crippen LogP contribution is -2.67. The fraction of sp³-hybridized carbons (Fsp3) is 0.956. The van der Waals surface area contributed by atoms with E-state index in [-0.39, 0.29) is 29.0 Å². The first kappa shape index (κ1) is 48.0. The summed E-state index contributed by atoms with van der Waals surface area (Å²) in [6.45, 7) is 7.34. The minimum Gasteiger partial charge on any atom is -0.394 e. The molecule has 3 saturated carbocycles. The third kappa shape index (κ3) is 7.42. The van der Waals surface area contributed by atoms with E-state index < -0.39 is 123 Å². The summed E-state index contributed by atoms with van der Waals surface area (Å²) in [6.07, 6.45) is -15.8. The van der Waals surface area contributed by atoms with Gasteiger partial charge in [0, 0.05) is 17.8 Å². The third-order valence-corrected chi connectivity index (χ3v) is 18.0. The second-order valence-electron chi connectivity index (χ2n) is 21.2. The monoisotopic (exact) mass is 916 g/mol. The van der Waals surface area contributed by atoms with Gasteiger partial charge in [0.1, 0.15) is 78.8 Å². The molecule has 0 bridgehead atoms. The number of rotatable bonds is 9. The Hall–Kier alpha value is -1.02. The molecule has 0 radical (unpaired) electrons. The maximum Gasteiger partial charge on any atom is 0.187 e. The van der Waals surface area contributed by atoms with E-state index in [1.54, 1.807) is 0 Å². The number of hydrogen-bond acceptors (Lipinski definition) is 19. The van der Waals surface area contributed by atoms with Crippen molar-refractivity contribution in [3.8, 4) is 0 Å². The zero-order valence-electron chi connectivity index (χ0n) is 37.2. The molecule has 19 heteroatoms. The second-order valence-corrected chi connectivity index (χ2v) is 21.2. The van der Waals surface area contributed by atoms with Gasteiger partial charge >= 0.3 is 0 Å². The van der Waals surface area contributed by atoms with Crippen LogP contribution in [0.5, 0.6) is 0 Å². The molecule has 5 aliphatic heterocycles. The van der Waals surface area contributed by atoms with Crippen LogP contribution in [0.15, 0.2) is 11.6 Å². The van der Waals surface area contributed by atoms with Crippen LogP contribution >= 0.6 is 0 Å². The van der Waals surface area contributed by atoms with Gasteiger partial charge in [0.05, 0.1) is 38.6 Å². The Morgan fingerprint density at radius 2 is 1.27 bits per heavy atom. The third-order valence-electron chi connectivity index (χ3n) is 18.0. The fourth-order valence-electron chi connectivity index (χ4n) is 14.0. The number of ether oxygens (including phenoxy) is 8. The van der Waals surface area contributed by atoms with Crippen molar-refractivity contribution in [2.24, 2.45) is 40.4 Å². The number of aliphatic hydroxyl groups excluding tert-OH is 10. The van der Waals surface area contributed by atoms with Gasteiger partial charge in [0.25, 0.3) is 0 Å². The number of allylic oxidation sites excluding steroid dienone is 1. The Morgan fingerprint density at radius 3 is 1.94 bits per heavy atom. The summed E-state index contributed by atoms with van der Waals surface area (Å²) in [7, 11) is 0. The van der Waals surface area contributed by atoms with Crippen LogP contribution in [-0.2, 0) is 37.9 Å². The van der Waals surface area contributed by atoms with Gasteiger partial charge in [-0.3, -0.25) is 0 Å². The minimum atomic E-state index is -1.90. The Balaban J connectivity index is 0.856. The minimum absolute atomic E-state index is 0.0996. The van der Waals surface area contributed by atoms with Gasteiger partial charge in [-0.15, -0.1) is 0 Å². The highest BCUT2D eigenvalue weighted by Gasteiger charge is 2.76. The van der Waals surface area contributed by atoms with Crippen LogP contribution in [0.25, 0.3) is 0 Å². The highest BCUT2D eigenvalue weighted by atomic mass is 16.8. The Labute approximate surface area is 373 Å².